The van der Waals surface area contributed by atoms with Crippen LogP contribution >= 0.6 is 0 Å². The lowest BCUT2D eigenvalue weighted by molar-refractivity contribution is 0.770. The highest BCUT2D eigenvalue weighted by Gasteiger charge is 2.16. The third-order valence-electron chi connectivity index (χ3n) is 7.06. The number of aliphatic imine (C=N–C) groups is 4. The van der Waals surface area contributed by atoms with Gasteiger partial charge in [0.15, 0.2) is 5.82 Å². The van der Waals surface area contributed by atoms with Crippen molar-refractivity contribution in [3.05, 3.63) is 29.4 Å². The Morgan fingerprint density at radius 1 is 0.500 bits per heavy atom. The maximum absolute atomic E-state index is 4.45. The molecule has 0 aromatic carbocycles. The van der Waals surface area contributed by atoms with Gasteiger partial charge in [-0.05, 0) is 17.8 Å². The molecule has 2 N–H and O–H groups in total. The Hall–Kier alpha value is -2.97. The second-order valence-electron chi connectivity index (χ2n) is 14.1. The van der Waals surface area contributed by atoms with Crippen LogP contribution in [-0.2, 0) is 0 Å². The molecular weight excluding hydrogens is 594 g/mol. The highest BCUT2D eigenvalue weighted by Crippen LogP contribution is 2.16. The van der Waals surface area contributed by atoms with Crippen molar-refractivity contribution in [2.75, 3.05) is 13.1 Å². The van der Waals surface area contributed by atoms with E-state index >= 15 is 0 Å². The average Bonchev–Trinajstić information content (AvgIpc) is 3.85. The Kier molecular flexibility index (Phi) is 24.6. The number of H-pyrrole nitrogens is 2. The number of amidine groups is 2. The first-order valence-electron chi connectivity index (χ1n) is 18.6. The number of imidazole rings is 1. The molecule has 4 heterocycles. The average molecular weight is 670 g/mol. The molecule has 9 nitrogen and oxygen atoms in total. The molecular formula is C39H75N9. The highest BCUT2D eigenvalue weighted by atomic mass is 15.2. The summed E-state index contributed by atoms with van der Waals surface area (Å²) in [7, 11) is 0. The fourth-order valence-corrected chi connectivity index (χ4v) is 3.75. The molecule has 276 valence electrons. The molecule has 0 bridgehead atoms. The van der Waals surface area contributed by atoms with Gasteiger partial charge in [-0.2, -0.15) is 5.10 Å². The van der Waals surface area contributed by atoms with Crippen molar-refractivity contribution >= 4 is 23.1 Å². The fourth-order valence-electron chi connectivity index (χ4n) is 3.75. The SMILES string of the molecule is CC.CC.CC(C)C1=NC(C(C)C)=NC1.CC(C)C1=NC(C(C)C)=NC1.CC(C)c1cnc(C(C)C)[nH]1.CC(C)c1n[nH]c(C(C)C)n1. The van der Waals surface area contributed by atoms with Gasteiger partial charge in [0.05, 0.1) is 13.1 Å². The first-order valence-corrected chi connectivity index (χ1v) is 18.6. The molecule has 0 atom stereocenters. The summed E-state index contributed by atoms with van der Waals surface area (Å²) in [5, 5.41) is 7.03. The van der Waals surface area contributed by atoms with E-state index in [1.807, 2.05) is 33.9 Å². The van der Waals surface area contributed by atoms with E-state index in [2.05, 4.69) is 156 Å². The number of nitrogens with zero attached hydrogens (tertiary/aromatic N) is 7. The smallest absolute Gasteiger partial charge is 0.153 e. The monoisotopic (exact) mass is 670 g/mol. The molecule has 0 saturated heterocycles. The molecule has 2 aliphatic rings. The van der Waals surface area contributed by atoms with Crippen LogP contribution in [0.25, 0.3) is 0 Å². The van der Waals surface area contributed by atoms with Crippen LogP contribution in [0.15, 0.2) is 26.2 Å². The van der Waals surface area contributed by atoms with Crippen LogP contribution in [0.3, 0.4) is 0 Å². The molecule has 0 amide bonds. The molecule has 2 aromatic rings. The summed E-state index contributed by atoms with van der Waals surface area (Å²) >= 11 is 0. The van der Waals surface area contributed by atoms with Gasteiger partial charge in [-0.3, -0.25) is 15.1 Å². The summed E-state index contributed by atoms with van der Waals surface area (Å²) in [5.41, 5.74) is 3.69. The van der Waals surface area contributed by atoms with Crippen molar-refractivity contribution < 1.29 is 0 Å². The Labute approximate surface area is 296 Å². The van der Waals surface area contributed by atoms with Crippen LogP contribution in [0.5, 0.6) is 0 Å². The van der Waals surface area contributed by atoms with Crippen molar-refractivity contribution in [3.63, 3.8) is 0 Å². The van der Waals surface area contributed by atoms with Gasteiger partial charge in [-0.25, -0.2) is 20.0 Å². The minimum atomic E-state index is 0.416. The number of hydrogen-bond donors (Lipinski definition) is 2. The van der Waals surface area contributed by atoms with Gasteiger partial charge in [-0.15, -0.1) is 0 Å². The summed E-state index contributed by atoms with van der Waals surface area (Å²) in [6.07, 6.45) is 1.93. The second-order valence-corrected chi connectivity index (χ2v) is 14.1. The van der Waals surface area contributed by atoms with Crippen LogP contribution in [0.1, 0.15) is 185 Å². The van der Waals surface area contributed by atoms with Gasteiger partial charge in [0, 0.05) is 52.9 Å². The Bertz CT molecular complexity index is 1090. The lowest BCUT2D eigenvalue weighted by Crippen LogP contribution is -2.08. The molecule has 0 aliphatic carbocycles. The quantitative estimate of drug-likeness (QED) is 0.291. The van der Waals surface area contributed by atoms with E-state index in [1.54, 1.807) is 0 Å². The van der Waals surface area contributed by atoms with E-state index in [0.717, 1.165) is 42.2 Å². The minimum absolute atomic E-state index is 0.416. The van der Waals surface area contributed by atoms with E-state index < -0.39 is 0 Å². The van der Waals surface area contributed by atoms with E-state index in [9.17, 15) is 0 Å². The minimum Gasteiger partial charge on any atom is -0.345 e. The maximum atomic E-state index is 4.45. The van der Waals surface area contributed by atoms with E-state index in [4.69, 9.17) is 0 Å². The molecule has 0 unspecified atom stereocenters. The maximum Gasteiger partial charge on any atom is 0.153 e. The molecule has 9 heteroatoms. The summed E-state index contributed by atoms with van der Waals surface area (Å²) in [4.78, 5) is 29.5. The van der Waals surface area contributed by atoms with Crippen LogP contribution in [0.2, 0.25) is 0 Å². The van der Waals surface area contributed by atoms with Crippen LogP contribution in [0.4, 0.5) is 0 Å². The molecule has 48 heavy (non-hydrogen) atoms. The first kappa shape index (κ1) is 47.1. The Morgan fingerprint density at radius 2 is 0.917 bits per heavy atom. The number of rotatable bonds is 8. The number of hydrogen-bond acceptors (Lipinski definition) is 7. The molecule has 0 spiro atoms. The van der Waals surface area contributed by atoms with Gasteiger partial charge < -0.3 is 4.98 Å². The molecule has 0 radical (unpaired) electrons. The van der Waals surface area contributed by atoms with Crippen molar-refractivity contribution in [1.82, 2.24) is 25.1 Å². The van der Waals surface area contributed by atoms with Crippen LogP contribution in [0, 0.1) is 23.7 Å². The lowest BCUT2D eigenvalue weighted by Gasteiger charge is -2.01. The summed E-state index contributed by atoms with van der Waals surface area (Å²) in [6, 6.07) is 0. The van der Waals surface area contributed by atoms with Gasteiger partial charge in [-0.1, -0.05) is 138 Å². The zero-order valence-electron chi connectivity index (χ0n) is 34.7. The summed E-state index contributed by atoms with van der Waals surface area (Å²) in [5.74, 6) is 8.99. The normalized spacial score (nSPS) is 13.6. The lowest BCUT2D eigenvalue weighted by atomic mass is 10.1. The van der Waals surface area contributed by atoms with Crippen molar-refractivity contribution in [3.8, 4) is 0 Å². The van der Waals surface area contributed by atoms with Gasteiger partial charge in [0.1, 0.15) is 23.3 Å². The van der Waals surface area contributed by atoms with Gasteiger partial charge >= 0.3 is 0 Å². The second kappa shape index (κ2) is 25.1. The third-order valence-corrected chi connectivity index (χ3v) is 7.06. The molecule has 2 aromatic heterocycles. The van der Waals surface area contributed by atoms with E-state index in [1.165, 1.54) is 17.1 Å². The molecule has 2 aliphatic heterocycles. The summed E-state index contributed by atoms with van der Waals surface area (Å²) in [6.45, 7) is 43.8. The fraction of sp³-hybridized carbons (Fsp3) is 0.769. The number of nitrogens with one attached hydrogen (secondary N) is 2. The van der Waals surface area contributed by atoms with Crippen LogP contribution < -0.4 is 0 Å². The van der Waals surface area contributed by atoms with E-state index in [0.29, 0.717) is 47.3 Å². The van der Waals surface area contributed by atoms with Gasteiger partial charge in [0.2, 0.25) is 0 Å². The van der Waals surface area contributed by atoms with Crippen molar-refractivity contribution in [1.29, 1.82) is 0 Å². The molecule has 0 fully saturated rings. The Balaban J connectivity index is 0. The van der Waals surface area contributed by atoms with Gasteiger partial charge in [0.25, 0.3) is 0 Å². The predicted octanol–water partition coefficient (Wildman–Crippen LogP) is 11.1. The Morgan fingerprint density at radius 3 is 1.10 bits per heavy atom. The zero-order valence-corrected chi connectivity index (χ0v) is 34.7. The zero-order chi connectivity index (χ0) is 37.7. The van der Waals surface area contributed by atoms with Crippen LogP contribution in [-0.4, -0.2) is 61.3 Å². The highest BCUT2D eigenvalue weighted by molar-refractivity contribution is 6.06. The first-order chi connectivity index (χ1) is 22.4. The molecule has 0 saturated carbocycles. The van der Waals surface area contributed by atoms with Crippen molar-refractivity contribution in [2.24, 2.45) is 43.6 Å². The predicted molar refractivity (Wildman–Crippen MR) is 213 cm³/mol. The van der Waals surface area contributed by atoms with E-state index in [-0.39, 0.29) is 0 Å². The summed E-state index contributed by atoms with van der Waals surface area (Å²) < 4.78 is 0. The largest absolute Gasteiger partial charge is 0.345 e. The van der Waals surface area contributed by atoms with Crippen molar-refractivity contribution in [2.45, 2.75) is 162 Å². The third kappa shape index (κ3) is 18.0. The molecule has 4 rings (SSSR count). The standard InChI is InChI=1S/3C9H16N2.C8H15N3.2C2H6/c3*1-6(2)8-5-10-9(11-8)7(3)4;1-5(2)7-9-8(6(3)4)11-10-7;2*1-2/h2*6-7H,5H2,1-4H3;5-7H,1-4H3,(H,10,11);5-6H,1-4H3,(H,9,10,11);2*1-2H3. The number of aromatic nitrogens is 5. The number of aromatic amines is 2. The topological polar surface area (TPSA) is 120 Å².